The summed E-state index contributed by atoms with van der Waals surface area (Å²) in [6.07, 6.45) is 16.4. The van der Waals surface area contributed by atoms with Gasteiger partial charge >= 0.3 is 0 Å². The predicted octanol–water partition coefficient (Wildman–Crippen LogP) is 5.15. The van der Waals surface area contributed by atoms with Crippen LogP contribution in [0.5, 0.6) is 0 Å². The highest BCUT2D eigenvalue weighted by Gasteiger charge is 2.26. The molecule has 4 heterocycles. The highest BCUT2D eigenvalue weighted by molar-refractivity contribution is 5.83. The maximum absolute atomic E-state index is 9.27. The van der Waals surface area contributed by atoms with E-state index < -0.39 is 0 Å². The number of nitrogens with zero attached hydrogens (tertiary/aromatic N) is 7. The van der Waals surface area contributed by atoms with E-state index in [-0.39, 0.29) is 5.92 Å². The monoisotopic (exact) mass is 465 g/mol. The lowest BCUT2D eigenvalue weighted by molar-refractivity contribution is 0.316. The SMILES string of the molecule is N#C[C@H]1CC[C@@H](c2nccn3ncc(-c4ccc(-c5cnn(CCN6CCCC6)c5)cc4)c23)CC1. The fourth-order valence-electron chi connectivity index (χ4n) is 5.70. The van der Waals surface area contributed by atoms with Crippen LogP contribution < -0.4 is 0 Å². The molecule has 7 heteroatoms. The number of rotatable bonds is 6. The van der Waals surface area contributed by atoms with Gasteiger partial charge in [-0.3, -0.25) is 9.67 Å². The number of hydrogen-bond acceptors (Lipinski definition) is 5. The molecule has 0 bridgehead atoms. The normalized spacial score (nSPS) is 20.9. The van der Waals surface area contributed by atoms with Gasteiger partial charge in [-0.25, -0.2) is 4.52 Å². The molecule has 0 unspecified atom stereocenters. The molecule has 7 nitrogen and oxygen atoms in total. The number of benzene rings is 1. The minimum atomic E-state index is 0.187. The van der Waals surface area contributed by atoms with Gasteiger partial charge in [-0.1, -0.05) is 24.3 Å². The highest BCUT2D eigenvalue weighted by Crippen LogP contribution is 2.38. The van der Waals surface area contributed by atoms with Crippen LogP contribution in [-0.2, 0) is 6.54 Å². The van der Waals surface area contributed by atoms with Gasteiger partial charge in [-0.05, 0) is 62.7 Å². The fourth-order valence-corrected chi connectivity index (χ4v) is 5.70. The van der Waals surface area contributed by atoms with Crippen LogP contribution in [0.2, 0.25) is 0 Å². The van der Waals surface area contributed by atoms with E-state index in [4.69, 9.17) is 4.98 Å². The zero-order chi connectivity index (χ0) is 23.6. The third kappa shape index (κ3) is 4.46. The molecule has 0 amide bonds. The number of fused-ring (bicyclic) bond motifs is 1. The van der Waals surface area contributed by atoms with Crippen LogP contribution in [-0.4, -0.2) is 48.9 Å². The summed E-state index contributed by atoms with van der Waals surface area (Å²) in [4.78, 5) is 7.31. The van der Waals surface area contributed by atoms with E-state index in [2.05, 4.69) is 56.3 Å². The first-order valence-corrected chi connectivity index (χ1v) is 12.9. The topological polar surface area (TPSA) is 75.0 Å². The first-order valence-electron chi connectivity index (χ1n) is 12.9. The molecule has 6 rings (SSSR count). The molecule has 0 spiro atoms. The Labute approximate surface area is 206 Å². The summed E-state index contributed by atoms with van der Waals surface area (Å²) < 4.78 is 4.01. The molecule has 1 saturated heterocycles. The van der Waals surface area contributed by atoms with Gasteiger partial charge in [0.05, 0.1) is 36.2 Å². The summed E-state index contributed by atoms with van der Waals surface area (Å²) in [7, 11) is 0. The van der Waals surface area contributed by atoms with Crippen LogP contribution in [0, 0.1) is 17.2 Å². The minimum Gasteiger partial charge on any atom is -0.301 e. The van der Waals surface area contributed by atoms with Crippen LogP contribution in [0.4, 0.5) is 0 Å². The third-order valence-electron chi connectivity index (χ3n) is 7.76. The molecule has 1 saturated carbocycles. The Kier molecular flexibility index (Phi) is 6.05. The predicted molar refractivity (Wildman–Crippen MR) is 136 cm³/mol. The molecule has 0 radical (unpaired) electrons. The van der Waals surface area contributed by atoms with Crippen molar-refractivity contribution in [2.45, 2.75) is 51.0 Å². The molecule has 1 aromatic carbocycles. The van der Waals surface area contributed by atoms with Crippen LogP contribution in [0.3, 0.4) is 0 Å². The van der Waals surface area contributed by atoms with Gasteiger partial charge in [0.25, 0.3) is 0 Å². The molecule has 35 heavy (non-hydrogen) atoms. The van der Waals surface area contributed by atoms with Gasteiger partial charge < -0.3 is 4.90 Å². The van der Waals surface area contributed by atoms with Gasteiger partial charge in [-0.2, -0.15) is 15.5 Å². The maximum atomic E-state index is 9.27. The van der Waals surface area contributed by atoms with Crippen molar-refractivity contribution in [2.75, 3.05) is 19.6 Å². The molecule has 4 aromatic rings. The zero-order valence-corrected chi connectivity index (χ0v) is 20.1. The Balaban J connectivity index is 1.22. The standard InChI is InChI=1S/C28H31N7/c29-17-21-3-5-24(6-4-21)27-28-26(19-32-35(28)14-11-30-27)23-9-7-22(8-10-23)25-18-31-34(20-25)16-15-33-12-1-2-13-33/h7-11,14,18-21,24H,1-6,12-13,15-16H2/t21-,24+. The lowest BCUT2D eigenvalue weighted by atomic mass is 9.80. The third-order valence-corrected chi connectivity index (χ3v) is 7.76. The summed E-state index contributed by atoms with van der Waals surface area (Å²) in [6.45, 7) is 4.45. The van der Waals surface area contributed by atoms with Gasteiger partial charge in [0.1, 0.15) is 0 Å². The Morgan fingerprint density at radius 3 is 2.43 bits per heavy atom. The second kappa shape index (κ2) is 9.63. The molecular formula is C28H31N7. The lowest BCUT2D eigenvalue weighted by Gasteiger charge is -2.24. The Bertz CT molecular complexity index is 1330. The van der Waals surface area contributed by atoms with E-state index in [1.807, 2.05) is 29.3 Å². The van der Waals surface area contributed by atoms with E-state index in [0.717, 1.165) is 66.7 Å². The summed E-state index contributed by atoms with van der Waals surface area (Å²) in [5.74, 6) is 0.567. The summed E-state index contributed by atoms with van der Waals surface area (Å²) in [5, 5.41) is 18.5. The first-order chi connectivity index (χ1) is 17.3. The summed E-state index contributed by atoms with van der Waals surface area (Å²) >= 11 is 0. The second-order valence-corrected chi connectivity index (χ2v) is 9.96. The molecule has 3 aromatic heterocycles. The van der Waals surface area contributed by atoms with Crippen molar-refractivity contribution < 1.29 is 0 Å². The number of aromatic nitrogens is 5. The van der Waals surface area contributed by atoms with Gasteiger partial charge in [-0.15, -0.1) is 0 Å². The van der Waals surface area contributed by atoms with Gasteiger partial charge in [0, 0.05) is 48.1 Å². The summed E-state index contributed by atoms with van der Waals surface area (Å²) in [6, 6.07) is 11.1. The van der Waals surface area contributed by atoms with Crippen molar-refractivity contribution in [3.05, 3.63) is 60.9 Å². The second-order valence-electron chi connectivity index (χ2n) is 9.96. The van der Waals surface area contributed by atoms with Crippen LogP contribution in [0.25, 0.3) is 27.8 Å². The van der Waals surface area contributed by atoms with E-state index in [1.54, 1.807) is 0 Å². The number of nitriles is 1. The smallest absolute Gasteiger partial charge is 0.0958 e. The Morgan fingerprint density at radius 1 is 0.886 bits per heavy atom. The van der Waals surface area contributed by atoms with Gasteiger partial charge in [0.15, 0.2) is 0 Å². The average Bonchev–Trinajstić information content (AvgIpc) is 3.68. The molecule has 2 fully saturated rings. The zero-order valence-electron chi connectivity index (χ0n) is 20.1. The van der Waals surface area contributed by atoms with Crippen molar-refractivity contribution in [1.29, 1.82) is 5.26 Å². The molecule has 2 aliphatic rings. The average molecular weight is 466 g/mol. The minimum absolute atomic E-state index is 0.187. The van der Waals surface area contributed by atoms with Gasteiger partial charge in [0.2, 0.25) is 0 Å². The summed E-state index contributed by atoms with van der Waals surface area (Å²) in [5.41, 5.74) is 6.78. The van der Waals surface area contributed by atoms with E-state index in [9.17, 15) is 5.26 Å². The van der Waals surface area contributed by atoms with Crippen molar-refractivity contribution in [3.8, 4) is 28.3 Å². The van der Waals surface area contributed by atoms with Crippen molar-refractivity contribution >= 4 is 5.52 Å². The molecule has 178 valence electrons. The van der Waals surface area contributed by atoms with Crippen LogP contribution in [0.1, 0.15) is 50.1 Å². The van der Waals surface area contributed by atoms with E-state index in [0.29, 0.717) is 5.92 Å². The molecule has 1 aliphatic carbocycles. The van der Waals surface area contributed by atoms with Crippen molar-refractivity contribution in [2.24, 2.45) is 5.92 Å². The fraction of sp³-hybridized carbons (Fsp3) is 0.429. The quantitative estimate of drug-likeness (QED) is 0.393. The first kappa shape index (κ1) is 22.0. The molecule has 0 N–H and O–H groups in total. The highest BCUT2D eigenvalue weighted by atomic mass is 15.3. The number of likely N-dealkylation sites (tertiary alicyclic amines) is 1. The van der Waals surface area contributed by atoms with E-state index >= 15 is 0 Å². The van der Waals surface area contributed by atoms with Crippen molar-refractivity contribution in [3.63, 3.8) is 0 Å². The molecule has 1 aliphatic heterocycles. The lowest BCUT2D eigenvalue weighted by Crippen LogP contribution is -2.24. The largest absolute Gasteiger partial charge is 0.301 e. The molecular weight excluding hydrogens is 434 g/mol. The van der Waals surface area contributed by atoms with E-state index in [1.165, 1.54) is 31.5 Å². The Morgan fingerprint density at radius 2 is 1.66 bits per heavy atom. The molecule has 0 atom stereocenters. The van der Waals surface area contributed by atoms with Crippen LogP contribution in [0.15, 0.2) is 55.2 Å². The Hall–Kier alpha value is -3.50. The number of hydrogen-bond donors (Lipinski definition) is 0. The maximum Gasteiger partial charge on any atom is 0.0958 e. The van der Waals surface area contributed by atoms with Crippen LogP contribution >= 0.6 is 0 Å². The van der Waals surface area contributed by atoms with Crippen molar-refractivity contribution in [1.82, 2.24) is 29.3 Å².